The molecule has 0 saturated heterocycles. The summed E-state index contributed by atoms with van der Waals surface area (Å²) >= 11 is 13.7. The number of hydrogen-bond acceptors (Lipinski definition) is 9. The zero-order valence-electron chi connectivity index (χ0n) is 23.8. The van der Waals surface area contributed by atoms with E-state index in [1.807, 2.05) is 0 Å². The van der Waals surface area contributed by atoms with E-state index in [4.69, 9.17) is 41.8 Å². The molecule has 2 aromatic heterocycles. The summed E-state index contributed by atoms with van der Waals surface area (Å²) in [7, 11) is 2.79. The van der Waals surface area contributed by atoms with Crippen LogP contribution in [-0.4, -0.2) is 36.8 Å². The van der Waals surface area contributed by atoms with Crippen molar-refractivity contribution in [2.75, 3.05) is 14.2 Å². The van der Waals surface area contributed by atoms with Crippen LogP contribution in [-0.2, 0) is 14.3 Å². The molecule has 0 radical (unpaired) electrons. The number of benzene rings is 2. The molecule has 43 heavy (non-hydrogen) atoms. The van der Waals surface area contributed by atoms with Crippen molar-refractivity contribution in [1.29, 1.82) is 0 Å². The van der Waals surface area contributed by atoms with Crippen molar-refractivity contribution in [1.82, 2.24) is 4.57 Å². The number of furan rings is 1. The maximum absolute atomic E-state index is 14.0. The summed E-state index contributed by atoms with van der Waals surface area (Å²) in [4.78, 5) is 44.7. The minimum absolute atomic E-state index is 0.199. The normalized spacial score (nSPS) is 14.9. The van der Waals surface area contributed by atoms with Gasteiger partial charge in [-0.3, -0.25) is 9.36 Å². The summed E-state index contributed by atoms with van der Waals surface area (Å²) in [5.41, 5.74) is 1.42. The Labute approximate surface area is 260 Å². The molecule has 5 rings (SSSR count). The van der Waals surface area contributed by atoms with Crippen molar-refractivity contribution in [3.63, 3.8) is 0 Å². The SMILES string of the molecule is COC(=O)c1ccc(Cl)cc1-c1ccc(/C=c2\sc3n(c2=O)[C@H](c2cc(Cl)ccc2OC)C(C(=O)OC(C)C)=C(C)N=3)o1. The summed E-state index contributed by atoms with van der Waals surface area (Å²) in [6, 6.07) is 12.2. The monoisotopic (exact) mass is 640 g/mol. The first kappa shape index (κ1) is 30.3. The van der Waals surface area contributed by atoms with Crippen molar-refractivity contribution in [2.45, 2.75) is 32.9 Å². The van der Waals surface area contributed by atoms with Crippen LogP contribution in [0.4, 0.5) is 0 Å². The van der Waals surface area contributed by atoms with Crippen molar-refractivity contribution in [2.24, 2.45) is 4.99 Å². The molecule has 0 amide bonds. The molecule has 2 aromatic carbocycles. The number of methoxy groups -OCH3 is 2. The second-order valence-corrected chi connectivity index (χ2v) is 11.7. The third-order valence-corrected chi connectivity index (χ3v) is 8.08. The molecule has 0 bridgehead atoms. The van der Waals surface area contributed by atoms with Gasteiger partial charge in [-0.05, 0) is 69.3 Å². The quantitative estimate of drug-likeness (QED) is 0.244. The number of ether oxygens (including phenoxy) is 3. The first-order valence-corrected chi connectivity index (χ1v) is 14.6. The highest BCUT2D eigenvalue weighted by Gasteiger charge is 2.35. The highest BCUT2D eigenvalue weighted by atomic mass is 35.5. The second kappa shape index (κ2) is 12.2. The van der Waals surface area contributed by atoms with Crippen molar-refractivity contribution >= 4 is 52.6 Å². The lowest BCUT2D eigenvalue weighted by Crippen LogP contribution is -2.40. The van der Waals surface area contributed by atoms with Crippen molar-refractivity contribution < 1.29 is 28.2 Å². The summed E-state index contributed by atoms with van der Waals surface area (Å²) in [6.45, 7) is 5.18. The Morgan fingerprint density at radius 1 is 1.05 bits per heavy atom. The number of hydrogen-bond donors (Lipinski definition) is 0. The third kappa shape index (κ3) is 5.90. The number of allylic oxidation sites excluding steroid dienone is 1. The van der Waals surface area contributed by atoms with Crippen LogP contribution < -0.4 is 19.6 Å². The van der Waals surface area contributed by atoms with Gasteiger partial charge < -0.3 is 18.6 Å². The molecular formula is C31H26Cl2N2O7S. The highest BCUT2D eigenvalue weighted by Crippen LogP contribution is 2.37. The Morgan fingerprint density at radius 3 is 2.47 bits per heavy atom. The standard InChI is InChI=1S/C31H26Cl2N2O7S/c1-15(2)41-30(38)26-16(3)34-31-35(27(26)22-13-18(33)7-10-23(22)39-4)28(36)25(43-31)14-19-8-11-24(42-19)21-12-17(32)6-9-20(21)29(37)40-5/h6-15,27H,1-5H3/b25-14-/t27-/m1/s1. The fourth-order valence-electron chi connectivity index (χ4n) is 4.79. The lowest BCUT2D eigenvalue weighted by molar-refractivity contribution is -0.143. The molecule has 1 aliphatic rings. The molecular weight excluding hydrogens is 615 g/mol. The van der Waals surface area contributed by atoms with Gasteiger partial charge >= 0.3 is 11.9 Å². The zero-order chi connectivity index (χ0) is 31.0. The van der Waals surface area contributed by atoms with Gasteiger partial charge in [-0.15, -0.1) is 0 Å². The average Bonchev–Trinajstić information content (AvgIpc) is 3.55. The number of carbonyl (C=O) groups excluding carboxylic acids is 2. The van der Waals surface area contributed by atoms with E-state index in [0.717, 1.165) is 11.3 Å². The van der Waals surface area contributed by atoms with E-state index in [1.165, 1.54) is 18.8 Å². The fourth-order valence-corrected chi connectivity index (χ4v) is 6.17. The van der Waals surface area contributed by atoms with Gasteiger partial charge in [0.1, 0.15) is 23.3 Å². The summed E-state index contributed by atoms with van der Waals surface area (Å²) in [6.07, 6.45) is 1.18. The molecule has 0 spiro atoms. The van der Waals surface area contributed by atoms with Crippen molar-refractivity contribution in [3.8, 4) is 17.1 Å². The van der Waals surface area contributed by atoms with Gasteiger partial charge in [-0.1, -0.05) is 34.5 Å². The molecule has 0 N–H and O–H groups in total. The predicted molar refractivity (Wildman–Crippen MR) is 163 cm³/mol. The van der Waals surface area contributed by atoms with Crippen LogP contribution in [0.1, 0.15) is 48.5 Å². The van der Waals surface area contributed by atoms with Crippen LogP contribution in [0, 0.1) is 0 Å². The first-order chi connectivity index (χ1) is 20.5. The Bertz CT molecular complexity index is 1970. The van der Waals surface area contributed by atoms with E-state index in [9.17, 15) is 14.4 Å². The number of thiazole rings is 1. The summed E-state index contributed by atoms with van der Waals surface area (Å²) in [5, 5.41) is 0.812. The Kier molecular flexibility index (Phi) is 8.64. The van der Waals surface area contributed by atoms with E-state index >= 15 is 0 Å². The number of fused-ring (bicyclic) bond motifs is 1. The average molecular weight is 642 g/mol. The number of nitrogens with zero attached hydrogens (tertiary/aromatic N) is 2. The van der Waals surface area contributed by atoms with Crippen LogP contribution in [0.3, 0.4) is 0 Å². The maximum Gasteiger partial charge on any atom is 0.338 e. The number of halogens is 2. The first-order valence-electron chi connectivity index (χ1n) is 13.1. The number of carbonyl (C=O) groups is 2. The topological polar surface area (TPSA) is 109 Å². The lowest BCUT2D eigenvalue weighted by Gasteiger charge is -2.26. The molecule has 9 nitrogen and oxygen atoms in total. The molecule has 0 fully saturated rings. The van der Waals surface area contributed by atoms with Crippen molar-refractivity contribution in [3.05, 3.63) is 106 Å². The fraction of sp³-hybridized carbons (Fsp3) is 0.226. The van der Waals surface area contributed by atoms with Gasteiger partial charge in [0.15, 0.2) is 4.80 Å². The molecule has 3 heterocycles. The highest BCUT2D eigenvalue weighted by molar-refractivity contribution is 7.07. The van der Waals surface area contributed by atoms with Crippen LogP contribution in [0.5, 0.6) is 5.75 Å². The number of rotatable bonds is 7. The van der Waals surface area contributed by atoms with Crippen LogP contribution >= 0.6 is 34.5 Å². The minimum Gasteiger partial charge on any atom is -0.496 e. The summed E-state index contributed by atoms with van der Waals surface area (Å²) < 4.78 is 23.8. The number of esters is 2. The molecule has 0 unspecified atom stereocenters. The van der Waals surface area contributed by atoms with Gasteiger partial charge in [0.25, 0.3) is 5.56 Å². The molecule has 0 aliphatic carbocycles. The third-order valence-electron chi connectivity index (χ3n) is 6.62. The lowest BCUT2D eigenvalue weighted by atomic mass is 9.95. The van der Waals surface area contributed by atoms with Gasteiger partial charge in [0, 0.05) is 27.2 Å². The molecule has 1 aliphatic heterocycles. The van der Waals surface area contributed by atoms with E-state index in [0.29, 0.717) is 53.5 Å². The van der Waals surface area contributed by atoms with E-state index in [1.54, 1.807) is 75.4 Å². The Morgan fingerprint density at radius 2 is 1.77 bits per heavy atom. The molecule has 0 saturated carbocycles. The van der Waals surface area contributed by atoms with Gasteiger partial charge in [0.2, 0.25) is 0 Å². The minimum atomic E-state index is -0.917. The van der Waals surface area contributed by atoms with Gasteiger partial charge in [0.05, 0.1) is 41.7 Å². The van der Waals surface area contributed by atoms with E-state index < -0.39 is 29.6 Å². The predicted octanol–water partition coefficient (Wildman–Crippen LogP) is 5.55. The molecule has 1 atom stereocenters. The zero-order valence-corrected chi connectivity index (χ0v) is 26.1. The largest absolute Gasteiger partial charge is 0.496 e. The van der Waals surface area contributed by atoms with E-state index in [-0.39, 0.29) is 11.1 Å². The smallest absolute Gasteiger partial charge is 0.338 e. The Balaban J connectivity index is 1.67. The van der Waals surface area contributed by atoms with Gasteiger partial charge in [-0.25, -0.2) is 14.6 Å². The van der Waals surface area contributed by atoms with Crippen LogP contribution in [0.15, 0.2) is 74.0 Å². The maximum atomic E-state index is 14.0. The Hall–Kier alpha value is -4.12. The van der Waals surface area contributed by atoms with Crippen LogP contribution in [0.2, 0.25) is 10.0 Å². The summed E-state index contributed by atoms with van der Waals surface area (Å²) in [5.74, 6) is 0.000892. The molecule has 4 aromatic rings. The molecule has 222 valence electrons. The van der Waals surface area contributed by atoms with Crippen LogP contribution in [0.25, 0.3) is 17.4 Å². The number of aromatic nitrogens is 1. The second-order valence-electron chi connectivity index (χ2n) is 9.81. The van der Waals surface area contributed by atoms with Gasteiger partial charge in [-0.2, -0.15) is 0 Å². The molecule has 12 heteroatoms. The van der Waals surface area contributed by atoms with E-state index in [2.05, 4.69) is 4.99 Å².